The summed E-state index contributed by atoms with van der Waals surface area (Å²) < 4.78 is 7.18. The second-order valence-corrected chi connectivity index (χ2v) is 15.1. The summed E-state index contributed by atoms with van der Waals surface area (Å²) in [6.07, 6.45) is 3.57. The van der Waals surface area contributed by atoms with Crippen LogP contribution in [0.2, 0.25) is 0 Å². The molecule has 0 radical (unpaired) electrons. The van der Waals surface area contributed by atoms with Crippen LogP contribution in [0.25, 0.3) is 105 Å². The van der Waals surface area contributed by atoms with Crippen molar-refractivity contribution in [2.24, 2.45) is 0 Å². The Bertz CT molecular complexity index is 3400. The van der Waals surface area contributed by atoms with Gasteiger partial charge in [-0.05, 0) is 96.1 Å². The zero-order valence-corrected chi connectivity index (χ0v) is 31.8. The quantitative estimate of drug-likeness (QED) is 0.176. The SMILES string of the molecule is N#Cc1cc(-c2ccccc2)c(-n2c3ccc(-n4c5ccccc5c5ccccc54)cc3c3cc(-n4c5ccccc5c5ccccc54)ccc32)cc1-c1ccncc1. The zero-order chi connectivity index (χ0) is 39.0. The fourth-order valence-corrected chi connectivity index (χ4v) is 9.42. The third-order valence-corrected chi connectivity index (χ3v) is 12.0. The number of para-hydroxylation sites is 4. The van der Waals surface area contributed by atoms with Crippen molar-refractivity contribution in [1.82, 2.24) is 18.7 Å². The maximum Gasteiger partial charge on any atom is 0.0998 e. The summed E-state index contributed by atoms with van der Waals surface area (Å²) >= 11 is 0. The van der Waals surface area contributed by atoms with Crippen LogP contribution in [0, 0.1) is 11.3 Å². The molecule has 0 aliphatic heterocycles. The third-order valence-electron chi connectivity index (χ3n) is 12.0. The van der Waals surface area contributed by atoms with Gasteiger partial charge >= 0.3 is 0 Å². The Morgan fingerprint density at radius 2 is 0.780 bits per heavy atom. The van der Waals surface area contributed by atoms with Gasteiger partial charge in [-0.25, -0.2) is 0 Å². The van der Waals surface area contributed by atoms with Crippen LogP contribution in [0.4, 0.5) is 0 Å². The molecule has 0 atom stereocenters. The highest BCUT2D eigenvalue weighted by atomic mass is 15.0. The predicted octanol–water partition coefficient (Wildman–Crippen LogP) is 13.6. The number of aromatic nitrogens is 4. The molecular formula is C54H33N5. The molecule has 0 unspecified atom stereocenters. The predicted molar refractivity (Wildman–Crippen MR) is 243 cm³/mol. The van der Waals surface area contributed by atoms with Crippen LogP contribution in [-0.4, -0.2) is 18.7 Å². The summed E-state index contributed by atoms with van der Waals surface area (Å²) in [5, 5.41) is 17.8. The van der Waals surface area contributed by atoms with Gasteiger partial charge in [0, 0.05) is 67.2 Å². The molecule has 0 amide bonds. The van der Waals surface area contributed by atoms with Gasteiger partial charge in [-0.15, -0.1) is 0 Å². The minimum atomic E-state index is 0.613. The summed E-state index contributed by atoms with van der Waals surface area (Å²) in [4.78, 5) is 4.29. The molecule has 0 aliphatic rings. The summed E-state index contributed by atoms with van der Waals surface area (Å²) in [5.74, 6) is 0. The Morgan fingerprint density at radius 1 is 0.356 bits per heavy atom. The number of rotatable bonds is 5. The Morgan fingerprint density at radius 3 is 1.25 bits per heavy atom. The lowest BCUT2D eigenvalue weighted by Gasteiger charge is -2.18. The van der Waals surface area contributed by atoms with Crippen molar-refractivity contribution in [2.45, 2.75) is 0 Å². The van der Waals surface area contributed by atoms with E-state index in [4.69, 9.17) is 0 Å². The summed E-state index contributed by atoms with van der Waals surface area (Å²) in [6, 6.07) is 69.6. The van der Waals surface area contributed by atoms with E-state index in [0.717, 1.165) is 61.1 Å². The number of nitrogens with zero attached hydrogens (tertiary/aromatic N) is 5. The van der Waals surface area contributed by atoms with Gasteiger partial charge < -0.3 is 13.7 Å². The molecule has 5 nitrogen and oxygen atoms in total. The molecular weight excluding hydrogens is 719 g/mol. The Balaban J connectivity index is 1.21. The normalized spacial score (nSPS) is 11.7. The van der Waals surface area contributed by atoms with Crippen molar-refractivity contribution in [3.63, 3.8) is 0 Å². The zero-order valence-electron chi connectivity index (χ0n) is 31.8. The number of fused-ring (bicyclic) bond motifs is 9. The summed E-state index contributed by atoms with van der Waals surface area (Å²) in [6.45, 7) is 0. The minimum absolute atomic E-state index is 0.613. The van der Waals surface area contributed by atoms with E-state index in [0.29, 0.717) is 5.56 Å². The van der Waals surface area contributed by atoms with Crippen molar-refractivity contribution in [2.75, 3.05) is 0 Å². The Labute approximate surface area is 339 Å². The molecule has 8 aromatic carbocycles. The van der Waals surface area contributed by atoms with Gasteiger partial charge in [0.05, 0.1) is 50.4 Å². The number of pyridine rings is 1. The molecule has 0 aliphatic carbocycles. The highest BCUT2D eigenvalue weighted by Crippen LogP contribution is 2.42. The van der Waals surface area contributed by atoms with E-state index in [2.05, 4.69) is 195 Å². The number of hydrogen-bond donors (Lipinski definition) is 0. The summed E-state index contributed by atoms with van der Waals surface area (Å²) in [5.41, 5.74) is 14.5. The van der Waals surface area contributed by atoms with Crippen LogP contribution >= 0.6 is 0 Å². The molecule has 274 valence electrons. The van der Waals surface area contributed by atoms with Gasteiger partial charge in [-0.3, -0.25) is 4.98 Å². The maximum atomic E-state index is 10.6. The molecule has 59 heavy (non-hydrogen) atoms. The number of hydrogen-bond acceptors (Lipinski definition) is 2. The molecule has 0 fully saturated rings. The van der Waals surface area contributed by atoms with Crippen molar-refractivity contribution in [3.05, 3.63) is 206 Å². The molecule has 5 heteroatoms. The lowest BCUT2D eigenvalue weighted by atomic mass is 9.94. The van der Waals surface area contributed by atoms with Gasteiger partial charge in [0.2, 0.25) is 0 Å². The average Bonchev–Trinajstić information content (AvgIpc) is 3.94. The molecule has 0 saturated carbocycles. The molecule has 4 heterocycles. The Hall–Kier alpha value is -8.20. The topological polar surface area (TPSA) is 51.5 Å². The van der Waals surface area contributed by atoms with Crippen LogP contribution in [0.15, 0.2) is 200 Å². The smallest absolute Gasteiger partial charge is 0.0998 e. The fourth-order valence-electron chi connectivity index (χ4n) is 9.42. The minimum Gasteiger partial charge on any atom is -0.309 e. The van der Waals surface area contributed by atoms with E-state index in [1.165, 1.54) is 43.6 Å². The maximum absolute atomic E-state index is 10.6. The van der Waals surface area contributed by atoms with E-state index in [-0.39, 0.29) is 0 Å². The van der Waals surface area contributed by atoms with Crippen LogP contribution in [0.5, 0.6) is 0 Å². The van der Waals surface area contributed by atoms with Gasteiger partial charge in [0.25, 0.3) is 0 Å². The molecule has 0 saturated heterocycles. The van der Waals surface area contributed by atoms with Crippen molar-refractivity contribution >= 4 is 65.4 Å². The van der Waals surface area contributed by atoms with Crippen molar-refractivity contribution in [3.8, 4) is 45.4 Å². The average molecular weight is 752 g/mol. The monoisotopic (exact) mass is 751 g/mol. The molecule has 0 bridgehead atoms. The van der Waals surface area contributed by atoms with Crippen LogP contribution in [0.1, 0.15) is 5.56 Å². The van der Waals surface area contributed by atoms with Crippen molar-refractivity contribution < 1.29 is 0 Å². The first kappa shape index (κ1) is 33.0. The first-order chi connectivity index (χ1) is 29.2. The fraction of sp³-hybridized carbons (Fsp3) is 0. The van der Waals surface area contributed by atoms with Gasteiger partial charge in [0.15, 0.2) is 0 Å². The molecule has 12 rings (SSSR count). The van der Waals surface area contributed by atoms with Crippen LogP contribution < -0.4 is 0 Å². The highest BCUT2D eigenvalue weighted by Gasteiger charge is 2.22. The first-order valence-electron chi connectivity index (χ1n) is 19.8. The van der Waals surface area contributed by atoms with Gasteiger partial charge in [-0.2, -0.15) is 5.26 Å². The second-order valence-electron chi connectivity index (χ2n) is 15.1. The molecule has 0 spiro atoms. The van der Waals surface area contributed by atoms with Crippen LogP contribution in [-0.2, 0) is 0 Å². The van der Waals surface area contributed by atoms with Gasteiger partial charge in [0.1, 0.15) is 0 Å². The third kappa shape index (κ3) is 4.94. The number of nitriles is 1. The lowest BCUT2D eigenvalue weighted by Crippen LogP contribution is -2.01. The first-order valence-corrected chi connectivity index (χ1v) is 19.8. The molecule has 4 aromatic heterocycles. The van der Waals surface area contributed by atoms with Gasteiger partial charge in [-0.1, -0.05) is 103 Å². The highest BCUT2D eigenvalue weighted by molar-refractivity contribution is 6.14. The van der Waals surface area contributed by atoms with E-state index >= 15 is 0 Å². The number of benzene rings is 8. The van der Waals surface area contributed by atoms with E-state index in [1.807, 2.05) is 18.2 Å². The molecule has 0 N–H and O–H groups in total. The Kier molecular flexibility index (Phi) is 7.22. The summed E-state index contributed by atoms with van der Waals surface area (Å²) in [7, 11) is 0. The van der Waals surface area contributed by atoms with Crippen molar-refractivity contribution in [1.29, 1.82) is 5.26 Å². The van der Waals surface area contributed by atoms with E-state index in [1.54, 1.807) is 12.4 Å². The lowest BCUT2D eigenvalue weighted by molar-refractivity contribution is 1.16. The van der Waals surface area contributed by atoms with E-state index in [9.17, 15) is 5.26 Å². The molecule has 12 aromatic rings. The van der Waals surface area contributed by atoms with Crippen LogP contribution in [0.3, 0.4) is 0 Å². The second kappa shape index (κ2) is 12.9. The standard InChI is InChI=1S/C54H33N5/c55-34-37-30-45(35-12-2-1-3-13-35)54(33-44(37)36-26-28-56-29-27-36)59-52-24-22-38(57-48-18-8-4-14-40(48)41-15-5-9-19-49(41)57)31-46(52)47-32-39(23-25-53(47)59)58-50-20-10-6-16-42(50)43-17-7-11-21-51(43)58/h1-33H. The largest absolute Gasteiger partial charge is 0.309 e. The van der Waals surface area contributed by atoms with E-state index < -0.39 is 0 Å².